The molecular formula is C21H24N2O3. The van der Waals surface area contributed by atoms with Gasteiger partial charge in [0, 0.05) is 18.7 Å². The molecule has 5 heteroatoms. The van der Waals surface area contributed by atoms with Gasteiger partial charge in [-0.25, -0.2) is 0 Å². The minimum Gasteiger partial charge on any atom is -0.396 e. The molecule has 1 atom stereocenters. The van der Waals surface area contributed by atoms with E-state index in [2.05, 4.69) is 0 Å². The normalized spacial score (nSPS) is 17.5. The summed E-state index contributed by atoms with van der Waals surface area (Å²) in [5.74, 6) is -0.269. The van der Waals surface area contributed by atoms with E-state index in [9.17, 15) is 9.59 Å². The second-order valence-corrected chi connectivity index (χ2v) is 6.68. The van der Waals surface area contributed by atoms with Gasteiger partial charge in [-0.1, -0.05) is 48.0 Å². The average molecular weight is 352 g/mol. The largest absolute Gasteiger partial charge is 0.396 e. The highest BCUT2D eigenvalue weighted by Crippen LogP contribution is 2.23. The molecule has 1 fully saturated rings. The second-order valence-electron chi connectivity index (χ2n) is 6.68. The van der Waals surface area contributed by atoms with Gasteiger partial charge in [-0.15, -0.1) is 0 Å². The number of hydrogen-bond acceptors (Lipinski definition) is 3. The Labute approximate surface area is 153 Å². The van der Waals surface area contributed by atoms with Crippen molar-refractivity contribution in [1.82, 2.24) is 4.90 Å². The maximum atomic E-state index is 12.7. The number of nitrogens with zero attached hydrogens (tertiary/aromatic N) is 2. The summed E-state index contributed by atoms with van der Waals surface area (Å²) in [6.07, 6.45) is 0.719. The van der Waals surface area contributed by atoms with Gasteiger partial charge in [-0.2, -0.15) is 0 Å². The van der Waals surface area contributed by atoms with Crippen LogP contribution in [0.4, 0.5) is 5.69 Å². The topological polar surface area (TPSA) is 60.9 Å². The number of anilines is 1. The number of amides is 2. The summed E-state index contributed by atoms with van der Waals surface area (Å²) in [5.41, 5.74) is 3.12. The summed E-state index contributed by atoms with van der Waals surface area (Å²) in [7, 11) is 0. The average Bonchev–Trinajstić information content (AvgIpc) is 2.65. The first kappa shape index (κ1) is 18.1. The molecule has 0 spiro atoms. The van der Waals surface area contributed by atoms with Crippen molar-refractivity contribution < 1.29 is 14.7 Å². The van der Waals surface area contributed by atoms with Crippen LogP contribution in [0.2, 0.25) is 0 Å². The Morgan fingerprint density at radius 2 is 1.81 bits per heavy atom. The van der Waals surface area contributed by atoms with Crippen molar-refractivity contribution in [1.29, 1.82) is 0 Å². The third-order valence-electron chi connectivity index (χ3n) is 4.75. The van der Waals surface area contributed by atoms with E-state index in [1.54, 1.807) is 9.80 Å². The van der Waals surface area contributed by atoms with Crippen LogP contribution in [0, 0.1) is 6.92 Å². The minimum absolute atomic E-state index is 0.0447. The third kappa shape index (κ3) is 4.11. The zero-order valence-corrected chi connectivity index (χ0v) is 15.0. The first-order valence-corrected chi connectivity index (χ1v) is 8.90. The van der Waals surface area contributed by atoms with Crippen molar-refractivity contribution in [3.63, 3.8) is 0 Å². The lowest BCUT2D eigenvalue weighted by molar-refractivity contribution is -0.140. The third-order valence-corrected chi connectivity index (χ3v) is 4.75. The Balaban J connectivity index is 1.85. The standard InChI is InChI=1S/C21H24N2O3/c1-16-7-9-18(10-8-16)22-14-19(13-17-5-3-2-4-6-17)23(15-21(22)26)20(25)11-12-24/h2-10,19,24H,11-15H2,1H3/t19-/m0/s1. The molecule has 0 aromatic heterocycles. The first-order chi connectivity index (χ1) is 12.6. The Morgan fingerprint density at radius 3 is 2.46 bits per heavy atom. The van der Waals surface area contributed by atoms with Crippen molar-refractivity contribution in [3.05, 3.63) is 65.7 Å². The Bertz CT molecular complexity index is 759. The molecule has 5 nitrogen and oxygen atoms in total. The van der Waals surface area contributed by atoms with Gasteiger partial charge in [-0.05, 0) is 31.0 Å². The Kier molecular flexibility index (Phi) is 5.68. The number of aliphatic hydroxyl groups is 1. The predicted molar refractivity (Wildman–Crippen MR) is 101 cm³/mol. The summed E-state index contributed by atoms with van der Waals surface area (Å²) in [6, 6.07) is 17.7. The molecule has 3 rings (SSSR count). The molecule has 1 heterocycles. The maximum absolute atomic E-state index is 12.7. The molecule has 1 aliphatic rings. The Hall–Kier alpha value is -2.66. The number of aryl methyl sites for hydroxylation is 1. The predicted octanol–water partition coefficient (Wildman–Crippen LogP) is 2.16. The van der Waals surface area contributed by atoms with Gasteiger partial charge >= 0.3 is 0 Å². The number of benzene rings is 2. The fourth-order valence-corrected chi connectivity index (χ4v) is 3.34. The quantitative estimate of drug-likeness (QED) is 0.897. The van der Waals surface area contributed by atoms with Crippen LogP contribution in [0.3, 0.4) is 0 Å². The van der Waals surface area contributed by atoms with Gasteiger partial charge in [0.1, 0.15) is 6.54 Å². The SMILES string of the molecule is Cc1ccc(N2C[C@H](Cc3ccccc3)N(C(=O)CCO)CC2=O)cc1. The molecule has 2 aromatic carbocycles. The van der Waals surface area contributed by atoms with E-state index in [1.165, 1.54) is 0 Å². The molecule has 2 amide bonds. The summed E-state index contributed by atoms with van der Waals surface area (Å²) in [4.78, 5) is 28.5. The van der Waals surface area contributed by atoms with Gasteiger partial charge in [0.15, 0.2) is 0 Å². The molecule has 0 saturated carbocycles. The molecule has 2 aromatic rings. The van der Waals surface area contributed by atoms with Gasteiger partial charge < -0.3 is 14.9 Å². The number of carbonyl (C=O) groups excluding carboxylic acids is 2. The van der Waals surface area contributed by atoms with Crippen molar-refractivity contribution in [2.24, 2.45) is 0 Å². The van der Waals surface area contributed by atoms with Gasteiger partial charge in [0.25, 0.3) is 0 Å². The lowest BCUT2D eigenvalue weighted by atomic mass is 10.0. The van der Waals surface area contributed by atoms with Crippen LogP contribution in [-0.2, 0) is 16.0 Å². The monoisotopic (exact) mass is 352 g/mol. The first-order valence-electron chi connectivity index (χ1n) is 8.90. The van der Waals surface area contributed by atoms with E-state index in [-0.39, 0.29) is 37.4 Å². The molecule has 0 aliphatic carbocycles. The van der Waals surface area contributed by atoms with E-state index in [1.807, 2.05) is 61.5 Å². The van der Waals surface area contributed by atoms with Crippen molar-refractivity contribution in [3.8, 4) is 0 Å². The molecule has 0 bridgehead atoms. The highest BCUT2D eigenvalue weighted by atomic mass is 16.3. The molecule has 1 aliphatic heterocycles. The number of carbonyl (C=O) groups is 2. The van der Waals surface area contributed by atoms with Crippen LogP contribution in [0.15, 0.2) is 54.6 Å². The minimum atomic E-state index is -0.205. The number of aliphatic hydroxyl groups excluding tert-OH is 1. The molecule has 136 valence electrons. The second kappa shape index (κ2) is 8.15. The van der Waals surface area contributed by atoms with E-state index < -0.39 is 0 Å². The smallest absolute Gasteiger partial charge is 0.246 e. The molecule has 1 saturated heterocycles. The zero-order chi connectivity index (χ0) is 18.5. The van der Waals surface area contributed by atoms with E-state index >= 15 is 0 Å². The molecule has 0 radical (unpaired) electrons. The van der Waals surface area contributed by atoms with Crippen LogP contribution >= 0.6 is 0 Å². The molecular weight excluding hydrogens is 328 g/mol. The summed E-state index contributed by atoms with van der Waals surface area (Å²) in [5, 5.41) is 9.12. The highest BCUT2D eigenvalue weighted by molar-refractivity contribution is 5.98. The van der Waals surface area contributed by atoms with Crippen LogP contribution in [0.5, 0.6) is 0 Å². The van der Waals surface area contributed by atoms with Gasteiger partial charge in [-0.3, -0.25) is 9.59 Å². The summed E-state index contributed by atoms with van der Waals surface area (Å²) in [6.45, 7) is 2.30. The van der Waals surface area contributed by atoms with E-state index in [4.69, 9.17) is 5.11 Å². The lowest BCUT2D eigenvalue weighted by Gasteiger charge is -2.41. The van der Waals surface area contributed by atoms with Crippen molar-refractivity contribution in [2.45, 2.75) is 25.8 Å². The van der Waals surface area contributed by atoms with Crippen molar-refractivity contribution in [2.75, 3.05) is 24.6 Å². The van der Waals surface area contributed by atoms with Crippen molar-refractivity contribution >= 4 is 17.5 Å². The van der Waals surface area contributed by atoms with E-state index in [0.717, 1.165) is 16.8 Å². The van der Waals surface area contributed by atoms with Crippen LogP contribution < -0.4 is 4.90 Å². The summed E-state index contributed by atoms with van der Waals surface area (Å²) >= 11 is 0. The van der Waals surface area contributed by atoms with Gasteiger partial charge in [0.2, 0.25) is 11.8 Å². The Morgan fingerprint density at radius 1 is 1.12 bits per heavy atom. The highest BCUT2D eigenvalue weighted by Gasteiger charge is 2.35. The number of rotatable bonds is 5. The summed E-state index contributed by atoms with van der Waals surface area (Å²) < 4.78 is 0. The maximum Gasteiger partial charge on any atom is 0.246 e. The van der Waals surface area contributed by atoms with Crippen LogP contribution in [-0.4, -0.2) is 47.6 Å². The fraction of sp³-hybridized carbons (Fsp3) is 0.333. The molecule has 0 unspecified atom stereocenters. The fourth-order valence-electron chi connectivity index (χ4n) is 3.34. The zero-order valence-electron chi connectivity index (χ0n) is 15.0. The van der Waals surface area contributed by atoms with Crippen LogP contribution in [0.1, 0.15) is 17.5 Å². The van der Waals surface area contributed by atoms with Crippen LogP contribution in [0.25, 0.3) is 0 Å². The lowest BCUT2D eigenvalue weighted by Crippen LogP contribution is -2.59. The van der Waals surface area contributed by atoms with E-state index in [0.29, 0.717) is 13.0 Å². The molecule has 26 heavy (non-hydrogen) atoms. The van der Waals surface area contributed by atoms with Gasteiger partial charge in [0.05, 0.1) is 12.6 Å². The molecule has 1 N–H and O–H groups in total. The number of piperazine rings is 1. The number of hydrogen-bond donors (Lipinski definition) is 1.